The number of methoxy groups -OCH3 is 1. The lowest BCUT2D eigenvalue weighted by atomic mass is 10.1. The highest BCUT2D eigenvalue weighted by atomic mass is 16.5. The quantitative estimate of drug-likeness (QED) is 0.757. The van der Waals surface area contributed by atoms with Crippen molar-refractivity contribution in [2.24, 2.45) is 17.3 Å². The van der Waals surface area contributed by atoms with E-state index in [0.29, 0.717) is 13.0 Å². The van der Waals surface area contributed by atoms with Crippen molar-refractivity contribution in [2.75, 3.05) is 13.7 Å². The molecule has 1 heterocycles. The Labute approximate surface area is 140 Å². The summed E-state index contributed by atoms with van der Waals surface area (Å²) in [4.78, 5) is 26.6. The second kappa shape index (κ2) is 5.85. The third kappa shape index (κ3) is 2.72. The molecular weight excluding hydrogens is 308 g/mol. The Kier molecular flexibility index (Phi) is 3.99. The Hall–Kier alpha value is -2.50. The van der Waals surface area contributed by atoms with Gasteiger partial charge in [0.2, 0.25) is 5.91 Å². The molecule has 1 aromatic carbocycles. The van der Waals surface area contributed by atoms with Crippen molar-refractivity contribution in [3.05, 3.63) is 30.0 Å². The van der Waals surface area contributed by atoms with Crippen LogP contribution in [-0.2, 0) is 16.0 Å². The van der Waals surface area contributed by atoms with Gasteiger partial charge in [-0.2, -0.15) is 0 Å². The van der Waals surface area contributed by atoms with Gasteiger partial charge in [0.15, 0.2) is 0 Å². The lowest BCUT2D eigenvalue weighted by molar-refractivity contribution is -0.140. The minimum atomic E-state index is -0.899. The van der Waals surface area contributed by atoms with E-state index in [0.717, 1.165) is 22.2 Å². The second-order valence-electron chi connectivity index (χ2n) is 6.88. The van der Waals surface area contributed by atoms with Crippen LogP contribution in [0.2, 0.25) is 0 Å². The predicted octanol–water partition coefficient (Wildman–Crippen LogP) is 2.19. The maximum atomic E-state index is 12.2. The van der Waals surface area contributed by atoms with Crippen molar-refractivity contribution in [3.63, 3.8) is 0 Å². The first kappa shape index (κ1) is 16.4. The Balaban J connectivity index is 1.61. The number of H-pyrrole nitrogens is 1. The van der Waals surface area contributed by atoms with Crippen molar-refractivity contribution < 1.29 is 19.4 Å². The summed E-state index contributed by atoms with van der Waals surface area (Å²) in [6.45, 7) is 4.12. The number of benzene rings is 1. The van der Waals surface area contributed by atoms with Crippen LogP contribution in [0.5, 0.6) is 5.75 Å². The Morgan fingerprint density at radius 1 is 1.33 bits per heavy atom. The maximum Gasteiger partial charge on any atom is 0.307 e. The monoisotopic (exact) mass is 330 g/mol. The summed E-state index contributed by atoms with van der Waals surface area (Å²) in [5.74, 6) is -1.32. The molecule has 1 aromatic heterocycles. The van der Waals surface area contributed by atoms with Crippen LogP contribution in [0.3, 0.4) is 0 Å². The number of amides is 1. The molecule has 3 rings (SSSR count). The summed E-state index contributed by atoms with van der Waals surface area (Å²) in [6.07, 6.45) is 2.60. The zero-order valence-electron chi connectivity index (χ0n) is 14.1. The summed E-state index contributed by atoms with van der Waals surface area (Å²) in [6, 6.07) is 5.82. The summed E-state index contributed by atoms with van der Waals surface area (Å²) in [5, 5.41) is 13.1. The Morgan fingerprint density at radius 2 is 2.08 bits per heavy atom. The molecule has 128 valence electrons. The molecule has 3 N–H and O–H groups in total. The van der Waals surface area contributed by atoms with E-state index in [9.17, 15) is 9.59 Å². The molecule has 2 atom stereocenters. The van der Waals surface area contributed by atoms with Gasteiger partial charge >= 0.3 is 5.97 Å². The zero-order valence-corrected chi connectivity index (χ0v) is 14.1. The number of aromatic nitrogens is 1. The van der Waals surface area contributed by atoms with Crippen LogP contribution in [0.25, 0.3) is 10.9 Å². The van der Waals surface area contributed by atoms with Crippen LogP contribution in [-0.4, -0.2) is 35.6 Å². The number of aliphatic carboxylic acids is 1. The lowest BCUT2D eigenvalue weighted by Gasteiger charge is -2.06. The van der Waals surface area contributed by atoms with Gasteiger partial charge in [0.05, 0.1) is 18.9 Å². The molecule has 0 spiro atoms. The van der Waals surface area contributed by atoms with Gasteiger partial charge in [0.25, 0.3) is 0 Å². The summed E-state index contributed by atoms with van der Waals surface area (Å²) in [5.41, 5.74) is 1.64. The largest absolute Gasteiger partial charge is 0.497 e. The summed E-state index contributed by atoms with van der Waals surface area (Å²) >= 11 is 0. The smallest absolute Gasteiger partial charge is 0.307 e. The average molecular weight is 330 g/mol. The molecule has 1 saturated carbocycles. The number of ether oxygens (including phenoxy) is 1. The van der Waals surface area contributed by atoms with Crippen molar-refractivity contribution in [1.82, 2.24) is 10.3 Å². The first-order valence-electron chi connectivity index (χ1n) is 8.00. The van der Waals surface area contributed by atoms with E-state index < -0.39 is 23.2 Å². The molecule has 0 radical (unpaired) electrons. The van der Waals surface area contributed by atoms with E-state index >= 15 is 0 Å². The average Bonchev–Trinajstić information content (AvgIpc) is 2.92. The molecule has 6 heteroatoms. The number of carboxylic acids is 1. The zero-order chi connectivity index (χ0) is 17.5. The molecule has 0 aliphatic heterocycles. The van der Waals surface area contributed by atoms with Crippen LogP contribution in [0.4, 0.5) is 0 Å². The molecule has 0 saturated heterocycles. The molecule has 1 aliphatic rings. The number of aromatic amines is 1. The van der Waals surface area contributed by atoms with Gasteiger partial charge in [-0.15, -0.1) is 0 Å². The molecule has 1 aliphatic carbocycles. The molecule has 0 unspecified atom stereocenters. The van der Waals surface area contributed by atoms with Crippen LogP contribution < -0.4 is 10.1 Å². The molecule has 6 nitrogen and oxygen atoms in total. The van der Waals surface area contributed by atoms with Crippen molar-refractivity contribution in [2.45, 2.75) is 20.3 Å². The van der Waals surface area contributed by atoms with Crippen LogP contribution in [0.15, 0.2) is 24.4 Å². The highest BCUT2D eigenvalue weighted by Gasteiger charge is 2.65. The normalized spacial score (nSPS) is 21.5. The standard InChI is InChI=1S/C18H22N2O4/c1-18(2)14(15(18)17(22)23)16(21)19-7-6-10-9-20-13-5-4-11(24-3)8-12(10)13/h4-5,8-9,14-15,20H,6-7H2,1-3H3,(H,19,21)(H,22,23)/t14-,15+/m0/s1. The predicted molar refractivity (Wildman–Crippen MR) is 90.0 cm³/mol. The molecule has 2 aromatic rings. The van der Waals surface area contributed by atoms with Gasteiger partial charge < -0.3 is 20.1 Å². The highest BCUT2D eigenvalue weighted by molar-refractivity contribution is 5.91. The minimum Gasteiger partial charge on any atom is -0.497 e. The first-order chi connectivity index (χ1) is 11.4. The van der Waals surface area contributed by atoms with Gasteiger partial charge in [0.1, 0.15) is 5.75 Å². The minimum absolute atomic E-state index is 0.176. The van der Waals surface area contributed by atoms with Crippen LogP contribution in [0.1, 0.15) is 19.4 Å². The maximum absolute atomic E-state index is 12.2. The molecule has 0 bridgehead atoms. The number of carbonyl (C=O) groups excluding carboxylic acids is 1. The Bertz CT molecular complexity index is 793. The number of carboxylic acid groups (broad SMARTS) is 1. The van der Waals surface area contributed by atoms with Crippen molar-refractivity contribution in [3.8, 4) is 5.75 Å². The van der Waals surface area contributed by atoms with E-state index in [4.69, 9.17) is 9.84 Å². The Morgan fingerprint density at radius 3 is 2.71 bits per heavy atom. The fourth-order valence-corrected chi connectivity index (χ4v) is 3.51. The topological polar surface area (TPSA) is 91.4 Å². The number of carbonyl (C=O) groups is 2. The lowest BCUT2D eigenvalue weighted by Crippen LogP contribution is -2.29. The van der Waals surface area contributed by atoms with Crippen molar-refractivity contribution in [1.29, 1.82) is 0 Å². The van der Waals surface area contributed by atoms with Crippen LogP contribution in [0, 0.1) is 17.3 Å². The molecular formula is C18H22N2O4. The number of hydrogen-bond acceptors (Lipinski definition) is 3. The van der Waals surface area contributed by atoms with Gasteiger partial charge in [-0.1, -0.05) is 13.8 Å². The van der Waals surface area contributed by atoms with Gasteiger partial charge in [-0.25, -0.2) is 0 Å². The number of rotatable bonds is 6. The third-order valence-electron chi connectivity index (χ3n) is 5.04. The summed E-state index contributed by atoms with van der Waals surface area (Å²) in [7, 11) is 1.63. The first-order valence-corrected chi connectivity index (χ1v) is 8.00. The van der Waals surface area contributed by atoms with Crippen LogP contribution >= 0.6 is 0 Å². The fourth-order valence-electron chi connectivity index (χ4n) is 3.51. The van der Waals surface area contributed by atoms with E-state index in [1.165, 1.54) is 0 Å². The van der Waals surface area contributed by atoms with E-state index in [1.807, 2.05) is 38.2 Å². The SMILES string of the molecule is COc1ccc2[nH]cc(CCNC(=O)[C@@H]3[C@H](C(=O)O)C3(C)C)c2c1. The van der Waals surface area contributed by atoms with Crippen molar-refractivity contribution >= 4 is 22.8 Å². The fraction of sp³-hybridized carbons (Fsp3) is 0.444. The van der Waals surface area contributed by atoms with E-state index in [1.54, 1.807) is 7.11 Å². The number of nitrogens with one attached hydrogen (secondary N) is 2. The highest BCUT2D eigenvalue weighted by Crippen LogP contribution is 2.58. The molecule has 1 fully saturated rings. The van der Waals surface area contributed by atoms with E-state index in [2.05, 4.69) is 10.3 Å². The second-order valence-corrected chi connectivity index (χ2v) is 6.88. The number of fused-ring (bicyclic) bond motifs is 1. The number of hydrogen-bond donors (Lipinski definition) is 3. The van der Waals surface area contributed by atoms with Gasteiger partial charge in [0, 0.05) is 23.6 Å². The molecule has 1 amide bonds. The van der Waals surface area contributed by atoms with Gasteiger partial charge in [-0.05, 0) is 35.6 Å². The summed E-state index contributed by atoms with van der Waals surface area (Å²) < 4.78 is 5.25. The van der Waals surface area contributed by atoms with Gasteiger partial charge in [-0.3, -0.25) is 9.59 Å². The third-order valence-corrected chi connectivity index (χ3v) is 5.04. The molecule has 24 heavy (non-hydrogen) atoms. The van der Waals surface area contributed by atoms with E-state index in [-0.39, 0.29) is 5.91 Å².